The van der Waals surface area contributed by atoms with Gasteiger partial charge in [-0.3, -0.25) is 0 Å². The number of carbonyl (C=O) groups is 1. The van der Waals surface area contributed by atoms with Crippen LogP contribution >= 0.6 is 0 Å². The highest BCUT2D eigenvalue weighted by atomic mass is 32.2. The lowest BCUT2D eigenvalue weighted by molar-refractivity contribution is 0.0696. The van der Waals surface area contributed by atoms with Gasteiger partial charge in [0.15, 0.2) is 0 Å². The van der Waals surface area contributed by atoms with Crippen molar-refractivity contribution in [2.75, 3.05) is 6.54 Å². The summed E-state index contributed by atoms with van der Waals surface area (Å²) in [5.41, 5.74) is 2.33. The Morgan fingerprint density at radius 1 is 1.47 bits per heavy atom. The van der Waals surface area contributed by atoms with Gasteiger partial charge < -0.3 is 5.11 Å². The zero-order valence-corrected chi connectivity index (χ0v) is 9.70. The van der Waals surface area contributed by atoms with Gasteiger partial charge in [0.05, 0.1) is 10.5 Å². The van der Waals surface area contributed by atoms with Gasteiger partial charge in [-0.1, -0.05) is 12.1 Å². The van der Waals surface area contributed by atoms with E-state index < -0.39 is 16.0 Å². The maximum absolute atomic E-state index is 11.7. The predicted octanol–water partition coefficient (Wildman–Crippen LogP) is 0.354. The Balaban J connectivity index is 2.94. The van der Waals surface area contributed by atoms with E-state index in [2.05, 4.69) is 16.8 Å². The third-order valence-corrected chi connectivity index (χ3v) is 3.13. The molecule has 0 atom stereocenters. The van der Waals surface area contributed by atoms with E-state index in [-0.39, 0.29) is 17.0 Å². The fraction of sp³-hybridized carbons (Fsp3) is 0.100. The molecule has 0 aliphatic rings. The van der Waals surface area contributed by atoms with Gasteiger partial charge in [0, 0.05) is 6.54 Å². The number of aromatic carboxylic acids is 1. The monoisotopic (exact) mass is 256 g/mol. The lowest BCUT2D eigenvalue weighted by Crippen LogP contribution is -2.37. The van der Waals surface area contributed by atoms with Gasteiger partial charge in [0.25, 0.3) is 10.0 Å². The van der Waals surface area contributed by atoms with E-state index in [4.69, 9.17) is 5.11 Å². The maximum Gasteiger partial charge on any atom is 0.335 e. The fourth-order valence-corrected chi connectivity index (χ4v) is 2.00. The molecule has 0 unspecified atom stereocenters. The molecule has 0 bridgehead atoms. The van der Waals surface area contributed by atoms with Gasteiger partial charge in [-0.25, -0.2) is 18.6 Å². The minimum absolute atomic E-state index is 0.0865. The second-order valence-corrected chi connectivity index (χ2v) is 4.79. The number of carboxylic acids is 1. The summed E-state index contributed by atoms with van der Waals surface area (Å²) in [6.07, 6.45) is 1.48. The first-order valence-corrected chi connectivity index (χ1v) is 6.14. The van der Waals surface area contributed by atoms with E-state index in [1.165, 1.54) is 24.3 Å². The van der Waals surface area contributed by atoms with Crippen LogP contribution in [0.2, 0.25) is 0 Å². The van der Waals surface area contributed by atoms with Crippen LogP contribution < -0.4 is 10.3 Å². The molecule has 92 valence electrons. The maximum atomic E-state index is 11.7. The largest absolute Gasteiger partial charge is 0.478 e. The summed E-state index contributed by atoms with van der Waals surface area (Å²) in [4.78, 5) is 12.7. The minimum Gasteiger partial charge on any atom is -0.478 e. The van der Waals surface area contributed by atoms with Gasteiger partial charge in [-0.05, 0) is 18.2 Å². The van der Waals surface area contributed by atoms with E-state index in [0.717, 1.165) is 6.07 Å². The van der Waals surface area contributed by atoms with Gasteiger partial charge in [0.1, 0.15) is 0 Å². The Morgan fingerprint density at radius 2 is 2.18 bits per heavy atom. The summed E-state index contributed by atoms with van der Waals surface area (Å²) in [6.45, 7) is 3.68. The van der Waals surface area contributed by atoms with Crippen molar-refractivity contribution in [2.24, 2.45) is 0 Å². The molecule has 17 heavy (non-hydrogen) atoms. The van der Waals surface area contributed by atoms with Crippen molar-refractivity contribution in [2.45, 2.75) is 4.90 Å². The number of carboxylic acid groups (broad SMARTS) is 1. The lowest BCUT2D eigenvalue weighted by atomic mass is 10.2. The second kappa shape index (κ2) is 5.58. The molecule has 1 aromatic rings. The smallest absolute Gasteiger partial charge is 0.335 e. The summed E-state index contributed by atoms with van der Waals surface area (Å²) < 4.78 is 23.4. The van der Waals surface area contributed by atoms with Crippen LogP contribution in [0.15, 0.2) is 41.8 Å². The van der Waals surface area contributed by atoms with Crippen LogP contribution in [0.5, 0.6) is 0 Å². The molecule has 0 aliphatic heterocycles. The molecule has 0 aliphatic carbocycles. The van der Waals surface area contributed by atoms with Crippen LogP contribution in [0.4, 0.5) is 0 Å². The molecule has 0 fully saturated rings. The summed E-state index contributed by atoms with van der Waals surface area (Å²) in [5, 5.41) is 8.75. The molecule has 1 rings (SSSR count). The van der Waals surface area contributed by atoms with E-state index in [9.17, 15) is 13.2 Å². The summed E-state index contributed by atoms with van der Waals surface area (Å²) in [6, 6.07) is 5.08. The molecule has 3 N–H and O–H groups in total. The van der Waals surface area contributed by atoms with Gasteiger partial charge in [0.2, 0.25) is 0 Å². The van der Waals surface area contributed by atoms with Crippen LogP contribution in [0.25, 0.3) is 0 Å². The molecule has 0 amide bonds. The molecular weight excluding hydrogens is 244 g/mol. The van der Waals surface area contributed by atoms with E-state index in [1.54, 1.807) is 0 Å². The van der Waals surface area contributed by atoms with Crippen molar-refractivity contribution in [1.82, 2.24) is 10.3 Å². The number of sulfonamides is 1. The Hall–Kier alpha value is -1.70. The molecule has 7 heteroatoms. The van der Waals surface area contributed by atoms with Crippen molar-refractivity contribution in [3.63, 3.8) is 0 Å². The Kier molecular flexibility index (Phi) is 4.38. The number of hydrogen-bond donors (Lipinski definition) is 3. The highest BCUT2D eigenvalue weighted by molar-refractivity contribution is 7.89. The van der Waals surface area contributed by atoms with E-state index >= 15 is 0 Å². The molecule has 6 nitrogen and oxygen atoms in total. The van der Waals surface area contributed by atoms with Gasteiger partial charge in [-0.2, -0.15) is 0 Å². The van der Waals surface area contributed by atoms with Crippen LogP contribution in [-0.4, -0.2) is 26.0 Å². The van der Waals surface area contributed by atoms with Crippen molar-refractivity contribution < 1.29 is 18.3 Å². The van der Waals surface area contributed by atoms with Gasteiger partial charge >= 0.3 is 5.97 Å². The molecule has 0 saturated carbocycles. The first-order chi connectivity index (χ1) is 7.97. The molecule has 0 heterocycles. The SMILES string of the molecule is C=CCNNS(=O)(=O)c1cccc(C(=O)O)c1. The molecule has 1 aromatic carbocycles. The van der Waals surface area contributed by atoms with Crippen LogP contribution in [0, 0.1) is 0 Å². The van der Waals surface area contributed by atoms with Crippen molar-refractivity contribution in [3.05, 3.63) is 42.5 Å². The number of nitrogens with one attached hydrogen (secondary N) is 2. The first-order valence-electron chi connectivity index (χ1n) is 4.66. The standard InChI is InChI=1S/C10H12N2O4S/c1-2-6-11-12-17(15,16)9-5-3-4-8(7-9)10(13)14/h2-5,7,11-12H,1,6H2,(H,13,14). The van der Waals surface area contributed by atoms with Crippen LogP contribution in [0.1, 0.15) is 10.4 Å². The second-order valence-electron chi connectivity index (χ2n) is 3.11. The summed E-state index contributed by atoms with van der Waals surface area (Å²) in [5.74, 6) is -1.18. The number of hydrazine groups is 1. The number of hydrogen-bond acceptors (Lipinski definition) is 4. The molecular formula is C10H12N2O4S. The van der Waals surface area contributed by atoms with E-state index in [0.29, 0.717) is 0 Å². The van der Waals surface area contributed by atoms with Crippen LogP contribution in [0.3, 0.4) is 0 Å². The average Bonchev–Trinajstić information content (AvgIpc) is 2.29. The first kappa shape index (κ1) is 13.4. The number of rotatable bonds is 6. The third kappa shape index (κ3) is 3.66. The summed E-state index contributed by atoms with van der Waals surface area (Å²) >= 11 is 0. The fourth-order valence-electron chi connectivity index (χ4n) is 1.06. The topological polar surface area (TPSA) is 95.5 Å². The highest BCUT2D eigenvalue weighted by Crippen LogP contribution is 2.10. The quantitative estimate of drug-likeness (QED) is 0.388. The average molecular weight is 256 g/mol. The van der Waals surface area contributed by atoms with Crippen LogP contribution in [-0.2, 0) is 10.0 Å². The highest BCUT2D eigenvalue weighted by Gasteiger charge is 2.15. The molecule has 0 spiro atoms. The minimum atomic E-state index is -3.76. The Morgan fingerprint density at radius 3 is 2.76 bits per heavy atom. The van der Waals surface area contributed by atoms with Crippen molar-refractivity contribution in [1.29, 1.82) is 0 Å². The predicted molar refractivity (Wildman–Crippen MR) is 61.9 cm³/mol. The van der Waals surface area contributed by atoms with Gasteiger partial charge in [-0.15, -0.1) is 11.4 Å². The Labute approximate surface area is 99.0 Å². The van der Waals surface area contributed by atoms with Crippen molar-refractivity contribution in [3.8, 4) is 0 Å². The zero-order chi connectivity index (χ0) is 12.9. The van der Waals surface area contributed by atoms with E-state index in [1.807, 2.05) is 0 Å². The normalized spacial score (nSPS) is 11.1. The zero-order valence-electron chi connectivity index (χ0n) is 8.88. The summed E-state index contributed by atoms with van der Waals surface area (Å²) in [7, 11) is -3.76. The third-order valence-electron chi connectivity index (χ3n) is 1.84. The molecule has 0 aromatic heterocycles. The Bertz CT molecular complexity index is 525. The molecule has 0 saturated heterocycles. The number of benzene rings is 1. The molecule has 0 radical (unpaired) electrons. The lowest BCUT2D eigenvalue weighted by Gasteiger charge is -2.07. The van der Waals surface area contributed by atoms with Crippen molar-refractivity contribution >= 4 is 16.0 Å².